The second-order valence-electron chi connectivity index (χ2n) is 5.74. The predicted molar refractivity (Wildman–Crippen MR) is 99.4 cm³/mol. The molecule has 27 heavy (non-hydrogen) atoms. The zero-order chi connectivity index (χ0) is 19.8. The lowest BCUT2D eigenvalue weighted by Crippen LogP contribution is -2.31. The highest BCUT2D eigenvalue weighted by Gasteiger charge is 2.15. The van der Waals surface area contributed by atoms with Crippen LogP contribution in [-0.2, 0) is 9.53 Å². The van der Waals surface area contributed by atoms with Gasteiger partial charge in [0, 0.05) is 6.07 Å². The van der Waals surface area contributed by atoms with Gasteiger partial charge in [-0.1, -0.05) is 12.1 Å². The van der Waals surface area contributed by atoms with Gasteiger partial charge in [-0.3, -0.25) is 4.79 Å². The number of esters is 1. The van der Waals surface area contributed by atoms with Gasteiger partial charge in [-0.15, -0.1) is 0 Å². The van der Waals surface area contributed by atoms with Gasteiger partial charge in [-0.2, -0.15) is 0 Å². The maximum atomic E-state index is 12.2. The molecule has 1 atom stereocenters. The molecule has 144 valence electrons. The van der Waals surface area contributed by atoms with E-state index in [2.05, 4.69) is 5.32 Å². The van der Waals surface area contributed by atoms with E-state index in [0.29, 0.717) is 17.2 Å². The fourth-order valence-electron chi connectivity index (χ4n) is 2.42. The number of hydrogen-bond acceptors (Lipinski definition) is 6. The molecule has 1 N–H and O–H groups in total. The molecule has 0 unspecified atom stereocenters. The van der Waals surface area contributed by atoms with Gasteiger partial charge in [0.1, 0.15) is 17.2 Å². The summed E-state index contributed by atoms with van der Waals surface area (Å²) in [6, 6.07) is 11.8. The van der Waals surface area contributed by atoms with Crippen molar-refractivity contribution in [3.8, 4) is 17.2 Å². The molecule has 0 aliphatic carbocycles. The summed E-state index contributed by atoms with van der Waals surface area (Å²) < 4.78 is 20.5. The van der Waals surface area contributed by atoms with Crippen LogP contribution in [0.15, 0.2) is 42.5 Å². The molecule has 7 heteroatoms. The summed E-state index contributed by atoms with van der Waals surface area (Å²) >= 11 is 0. The first-order valence-electron chi connectivity index (χ1n) is 8.30. The molecule has 0 aliphatic heterocycles. The zero-order valence-corrected chi connectivity index (χ0v) is 15.8. The molecule has 7 nitrogen and oxygen atoms in total. The van der Waals surface area contributed by atoms with Crippen LogP contribution in [0.4, 0.5) is 0 Å². The van der Waals surface area contributed by atoms with Crippen molar-refractivity contribution in [2.45, 2.75) is 13.0 Å². The summed E-state index contributed by atoms with van der Waals surface area (Å²) in [5, 5.41) is 2.78. The molecule has 0 saturated heterocycles. The van der Waals surface area contributed by atoms with Crippen molar-refractivity contribution in [1.82, 2.24) is 5.32 Å². The highest BCUT2D eigenvalue weighted by Crippen LogP contribution is 2.23. The Bertz CT molecular complexity index is 783. The van der Waals surface area contributed by atoms with Crippen molar-refractivity contribution in [2.75, 3.05) is 27.9 Å². The third kappa shape index (κ3) is 5.64. The standard InChI is InChI=1S/C20H23NO6/c1-13(14-6-5-7-16(8-14)24-2)21-19(22)12-27-20(23)15-9-17(25-3)11-18(10-15)26-4/h5-11,13H,12H2,1-4H3,(H,21,22)/t13-/m0/s1. The molecule has 0 aromatic heterocycles. The summed E-state index contributed by atoms with van der Waals surface area (Å²) in [7, 11) is 4.55. The Morgan fingerprint density at radius 3 is 2.15 bits per heavy atom. The maximum absolute atomic E-state index is 12.2. The lowest BCUT2D eigenvalue weighted by Gasteiger charge is -2.15. The first kappa shape index (κ1) is 20.1. The fraction of sp³-hybridized carbons (Fsp3) is 0.300. The van der Waals surface area contributed by atoms with Crippen molar-refractivity contribution in [1.29, 1.82) is 0 Å². The van der Waals surface area contributed by atoms with Crippen molar-refractivity contribution in [3.63, 3.8) is 0 Å². The number of carbonyl (C=O) groups excluding carboxylic acids is 2. The van der Waals surface area contributed by atoms with Gasteiger partial charge in [0.25, 0.3) is 5.91 Å². The smallest absolute Gasteiger partial charge is 0.338 e. The number of ether oxygens (including phenoxy) is 4. The first-order valence-corrected chi connectivity index (χ1v) is 8.30. The van der Waals surface area contributed by atoms with Crippen LogP contribution in [0.1, 0.15) is 28.9 Å². The summed E-state index contributed by atoms with van der Waals surface area (Å²) in [4.78, 5) is 24.3. The van der Waals surface area contributed by atoms with E-state index < -0.39 is 18.5 Å². The number of benzene rings is 2. The minimum atomic E-state index is -0.642. The van der Waals surface area contributed by atoms with Gasteiger partial charge < -0.3 is 24.3 Å². The quantitative estimate of drug-likeness (QED) is 0.717. The van der Waals surface area contributed by atoms with Crippen LogP contribution in [0.2, 0.25) is 0 Å². The summed E-state index contributed by atoms with van der Waals surface area (Å²) in [6.45, 7) is 1.44. The molecular formula is C20H23NO6. The van der Waals surface area contributed by atoms with Gasteiger partial charge in [-0.25, -0.2) is 4.79 Å². The Balaban J connectivity index is 1.93. The third-order valence-corrected chi connectivity index (χ3v) is 3.89. The van der Waals surface area contributed by atoms with Crippen LogP contribution in [0, 0.1) is 0 Å². The minimum absolute atomic E-state index is 0.236. The molecule has 0 radical (unpaired) electrons. The molecule has 0 heterocycles. The Morgan fingerprint density at radius 1 is 0.926 bits per heavy atom. The minimum Gasteiger partial charge on any atom is -0.497 e. The molecule has 0 spiro atoms. The van der Waals surface area contributed by atoms with E-state index in [1.54, 1.807) is 13.2 Å². The maximum Gasteiger partial charge on any atom is 0.338 e. The molecule has 2 rings (SSSR count). The molecule has 0 saturated carbocycles. The highest BCUT2D eigenvalue weighted by atomic mass is 16.5. The Morgan fingerprint density at radius 2 is 1.56 bits per heavy atom. The first-order chi connectivity index (χ1) is 13.0. The molecule has 2 aromatic carbocycles. The molecule has 0 fully saturated rings. The Hall–Kier alpha value is -3.22. The molecule has 2 aromatic rings. The SMILES string of the molecule is COc1cc(OC)cc(C(=O)OCC(=O)N[C@@H](C)c2cccc(OC)c2)c1. The van der Waals surface area contributed by atoms with Crippen molar-refractivity contribution in [2.24, 2.45) is 0 Å². The lowest BCUT2D eigenvalue weighted by molar-refractivity contribution is -0.124. The number of nitrogens with one attached hydrogen (secondary N) is 1. The Kier molecular flexibility index (Phi) is 7.05. The molecule has 0 bridgehead atoms. The van der Waals surface area contributed by atoms with Gasteiger partial charge in [0.2, 0.25) is 0 Å². The predicted octanol–water partition coefficient (Wildman–Crippen LogP) is 2.75. The van der Waals surface area contributed by atoms with Crippen LogP contribution in [-0.4, -0.2) is 39.8 Å². The summed E-state index contributed by atoms with van der Waals surface area (Å²) in [6.07, 6.45) is 0. The van der Waals surface area contributed by atoms with Crippen molar-refractivity contribution in [3.05, 3.63) is 53.6 Å². The van der Waals surface area contributed by atoms with E-state index in [9.17, 15) is 9.59 Å². The average molecular weight is 373 g/mol. The molecule has 0 aliphatic rings. The van der Waals surface area contributed by atoms with E-state index in [1.165, 1.54) is 26.4 Å². The van der Waals surface area contributed by atoms with E-state index in [4.69, 9.17) is 18.9 Å². The summed E-state index contributed by atoms with van der Waals surface area (Å²) in [5.74, 6) is 0.562. The van der Waals surface area contributed by atoms with E-state index in [-0.39, 0.29) is 11.6 Å². The number of hydrogen-bond donors (Lipinski definition) is 1. The van der Waals surface area contributed by atoms with Crippen LogP contribution in [0.25, 0.3) is 0 Å². The van der Waals surface area contributed by atoms with Gasteiger partial charge in [0.05, 0.1) is 32.9 Å². The van der Waals surface area contributed by atoms with Crippen molar-refractivity contribution < 1.29 is 28.5 Å². The van der Waals surface area contributed by atoms with Crippen LogP contribution < -0.4 is 19.5 Å². The van der Waals surface area contributed by atoms with Crippen molar-refractivity contribution >= 4 is 11.9 Å². The third-order valence-electron chi connectivity index (χ3n) is 3.89. The average Bonchev–Trinajstić information content (AvgIpc) is 2.71. The lowest BCUT2D eigenvalue weighted by atomic mass is 10.1. The van der Waals surface area contributed by atoms with E-state index in [0.717, 1.165) is 5.56 Å². The van der Waals surface area contributed by atoms with E-state index >= 15 is 0 Å². The Labute approximate surface area is 158 Å². The zero-order valence-electron chi connectivity index (χ0n) is 15.8. The normalized spacial score (nSPS) is 11.3. The van der Waals surface area contributed by atoms with Gasteiger partial charge >= 0.3 is 5.97 Å². The van der Waals surface area contributed by atoms with E-state index in [1.807, 2.05) is 31.2 Å². The van der Waals surface area contributed by atoms with Crippen LogP contribution in [0.5, 0.6) is 17.2 Å². The number of methoxy groups -OCH3 is 3. The van der Waals surface area contributed by atoms with Gasteiger partial charge in [-0.05, 0) is 36.8 Å². The number of amides is 1. The van der Waals surface area contributed by atoms with Crippen LogP contribution in [0.3, 0.4) is 0 Å². The number of rotatable bonds is 8. The highest BCUT2D eigenvalue weighted by molar-refractivity contribution is 5.92. The van der Waals surface area contributed by atoms with Crippen LogP contribution >= 0.6 is 0 Å². The fourth-order valence-corrected chi connectivity index (χ4v) is 2.42. The topological polar surface area (TPSA) is 83.1 Å². The largest absolute Gasteiger partial charge is 0.497 e. The van der Waals surface area contributed by atoms with Gasteiger partial charge in [0.15, 0.2) is 6.61 Å². The molecular weight excluding hydrogens is 350 g/mol. The summed E-state index contributed by atoms with van der Waals surface area (Å²) in [5.41, 5.74) is 1.12. The monoisotopic (exact) mass is 373 g/mol. The second kappa shape index (κ2) is 9.47. The molecule has 1 amide bonds. The second-order valence-corrected chi connectivity index (χ2v) is 5.74. The number of carbonyl (C=O) groups is 2.